The van der Waals surface area contributed by atoms with E-state index in [9.17, 15) is 4.79 Å². The van der Waals surface area contributed by atoms with Gasteiger partial charge in [-0.15, -0.1) is 0 Å². The smallest absolute Gasteiger partial charge is 0.209 e. The van der Waals surface area contributed by atoms with Crippen LogP contribution in [0.2, 0.25) is 0 Å². The summed E-state index contributed by atoms with van der Waals surface area (Å²) in [5.74, 6) is 2.34. The van der Waals surface area contributed by atoms with Gasteiger partial charge in [-0.3, -0.25) is 4.79 Å². The predicted molar refractivity (Wildman–Crippen MR) is 113 cm³/mol. The van der Waals surface area contributed by atoms with E-state index in [0.29, 0.717) is 13.1 Å². The number of amides is 1. The number of rotatable bonds is 4. The molecule has 0 unspecified atom stereocenters. The first kappa shape index (κ1) is 18.4. The first-order chi connectivity index (χ1) is 14.6. The number of benzene rings is 1. The van der Waals surface area contributed by atoms with Crippen LogP contribution in [0.1, 0.15) is 11.5 Å². The number of H-pyrrole nitrogens is 1. The molecule has 0 aliphatic carbocycles. The van der Waals surface area contributed by atoms with Crippen molar-refractivity contribution in [2.24, 2.45) is 0 Å². The number of piperazine rings is 1. The maximum Gasteiger partial charge on any atom is 0.209 e. The zero-order chi connectivity index (χ0) is 20.8. The van der Waals surface area contributed by atoms with E-state index in [-0.39, 0.29) is 0 Å². The van der Waals surface area contributed by atoms with Gasteiger partial charge >= 0.3 is 0 Å². The van der Waals surface area contributed by atoms with Crippen molar-refractivity contribution in [1.82, 2.24) is 25.0 Å². The van der Waals surface area contributed by atoms with E-state index in [4.69, 9.17) is 9.26 Å². The summed E-state index contributed by atoms with van der Waals surface area (Å²) in [4.78, 5) is 27.5. The van der Waals surface area contributed by atoms with E-state index in [0.717, 1.165) is 75.6 Å². The van der Waals surface area contributed by atoms with Gasteiger partial charge in [-0.25, -0.2) is 9.97 Å². The van der Waals surface area contributed by atoms with Gasteiger partial charge in [0.25, 0.3) is 0 Å². The number of fused-ring (bicyclic) bond motifs is 3. The fraction of sp³-hybridized carbons (Fsp3) is 0.333. The molecule has 30 heavy (non-hydrogen) atoms. The molecule has 9 nitrogen and oxygen atoms in total. The predicted octanol–water partition coefficient (Wildman–Crippen LogP) is 2.67. The van der Waals surface area contributed by atoms with Crippen molar-refractivity contribution in [3.05, 3.63) is 29.9 Å². The molecule has 3 aromatic heterocycles. The molecule has 0 atom stereocenters. The molecule has 1 aromatic carbocycles. The van der Waals surface area contributed by atoms with Crippen LogP contribution in [-0.2, 0) is 4.79 Å². The number of aromatic nitrogens is 4. The number of hydrogen-bond acceptors (Lipinski definition) is 7. The summed E-state index contributed by atoms with van der Waals surface area (Å²) in [6.45, 7) is 6.63. The Bertz CT molecular complexity index is 1230. The van der Waals surface area contributed by atoms with E-state index < -0.39 is 0 Å². The molecule has 1 aliphatic rings. The molecule has 4 aromatic rings. The lowest BCUT2D eigenvalue weighted by Crippen LogP contribution is -2.46. The number of hydrogen-bond donors (Lipinski definition) is 1. The normalized spacial score (nSPS) is 14.6. The summed E-state index contributed by atoms with van der Waals surface area (Å²) in [6, 6.07) is 4.07. The average Bonchev–Trinajstić information content (AvgIpc) is 3.31. The summed E-state index contributed by atoms with van der Waals surface area (Å²) in [5.41, 5.74) is 4.38. The van der Waals surface area contributed by atoms with Crippen LogP contribution in [0.4, 0.5) is 5.82 Å². The number of nitrogens with zero attached hydrogens (tertiary/aromatic N) is 5. The molecule has 5 rings (SSSR count). The highest BCUT2D eigenvalue weighted by Crippen LogP contribution is 2.40. The van der Waals surface area contributed by atoms with Gasteiger partial charge in [0.05, 0.1) is 23.8 Å². The maximum atomic E-state index is 11.0. The van der Waals surface area contributed by atoms with E-state index in [2.05, 4.69) is 31.1 Å². The highest BCUT2D eigenvalue weighted by Gasteiger charge is 2.23. The van der Waals surface area contributed by atoms with Crippen LogP contribution in [0.5, 0.6) is 5.75 Å². The minimum Gasteiger partial charge on any atom is -0.496 e. The summed E-state index contributed by atoms with van der Waals surface area (Å²) >= 11 is 0. The van der Waals surface area contributed by atoms with E-state index >= 15 is 0 Å². The third-order valence-electron chi connectivity index (χ3n) is 5.75. The van der Waals surface area contributed by atoms with Gasteiger partial charge in [0.15, 0.2) is 0 Å². The minimum atomic E-state index is 0.677. The Labute approximate surface area is 172 Å². The zero-order valence-electron chi connectivity index (χ0n) is 17.1. The van der Waals surface area contributed by atoms with Gasteiger partial charge < -0.3 is 24.0 Å². The highest BCUT2D eigenvalue weighted by molar-refractivity contribution is 6.12. The van der Waals surface area contributed by atoms with Gasteiger partial charge in [-0.2, -0.15) is 0 Å². The van der Waals surface area contributed by atoms with Crippen LogP contribution >= 0.6 is 0 Å². The number of carbonyl (C=O) groups excluding carboxylic acids is 1. The number of anilines is 1. The molecule has 0 bridgehead atoms. The van der Waals surface area contributed by atoms with Crippen molar-refractivity contribution < 1.29 is 14.1 Å². The molecular formula is C21H22N6O3. The van der Waals surface area contributed by atoms with Gasteiger partial charge in [0.1, 0.15) is 29.3 Å². The Balaban J connectivity index is 1.69. The third-order valence-corrected chi connectivity index (χ3v) is 5.75. The largest absolute Gasteiger partial charge is 0.496 e. The number of ether oxygens (including phenoxy) is 1. The number of aromatic amines is 1. The molecule has 9 heteroatoms. The lowest BCUT2D eigenvalue weighted by atomic mass is 10.0. The molecule has 0 spiro atoms. The van der Waals surface area contributed by atoms with Crippen LogP contribution in [-0.4, -0.2) is 64.7 Å². The molecule has 1 N–H and O–H groups in total. The van der Waals surface area contributed by atoms with Gasteiger partial charge in [-0.1, -0.05) is 5.16 Å². The fourth-order valence-electron chi connectivity index (χ4n) is 4.25. The molecule has 1 saturated heterocycles. The lowest BCUT2D eigenvalue weighted by molar-refractivity contribution is -0.118. The fourth-order valence-corrected chi connectivity index (χ4v) is 4.25. The SMILES string of the molecule is COc1cc2c(cc1-c1c(C)noc1C)[nH]c1ncnc(N3CCN(C=O)CC3)c12. The molecule has 0 saturated carbocycles. The quantitative estimate of drug-likeness (QED) is 0.520. The second kappa shape index (κ2) is 7.01. The maximum absolute atomic E-state index is 11.0. The summed E-state index contributed by atoms with van der Waals surface area (Å²) in [5, 5.41) is 6.03. The Kier molecular flexibility index (Phi) is 4.30. The van der Waals surface area contributed by atoms with Gasteiger partial charge in [-0.05, 0) is 26.0 Å². The molecular weight excluding hydrogens is 384 g/mol. The summed E-state index contributed by atoms with van der Waals surface area (Å²) < 4.78 is 11.1. The average molecular weight is 406 g/mol. The van der Waals surface area contributed by atoms with Crippen LogP contribution in [0.25, 0.3) is 33.1 Å². The Morgan fingerprint density at radius 3 is 2.63 bits per heavy atom. The number of methoxy groups -OCH3 is 1. The number of nitrogens with one attached hydrogen (secondary N) is 1. The van der Waals surface area contributed by atoms with Gasteiger partial charge in [0, 0.05) is 42.6 Å². The van der Waals surface area contributed by atoms with E-state index in [1.54, 1.807) is 18.3 Å². The Morgan fingerprint density at radius 1 is 1.17 bits per heavy atom. The zero-order valence-corrected chi connectivity index (χ0v) is 17.1. The van der Waals surface area contributed by atoms with Gasteiger partial charge in [0.2, 0.25) is 6.41 Å². The first-order valence-electron chi connectivity index (χ1n) is 9.82. The van der Waals surface area contributed by atoms with E-state index in [1.165, 1.54) is 0 Å². The molecule has 0 radical (unpaired) electrons. The Morgan fingerprint density at radius 2 is 1.97 bits per heavy atom. The lowest BCUT2D eigenvalue weighted by Gasteiger charge is -2.33. The van der Waals surface area contributed by atoms with Crippen LogP contribution in [0.15, 0.2) is 23.0 Å². The first-order valence-corrected chi connectivity index (χ1v) is 9.82. The summed E-state index contributed by atoms with van der Waals surface area (Å²) in [7, 11) is 1.66. The molecule has 4 heterocycles. The second-order valence-electron chi connectivity index (χ2n) is 7.47. The van der Waals surface area contributed by atoms with Crippen molar-refractivity contribution in [2.45, 2.75) is 13.8 Å². The van der Waals surface area contributed by atoms with Crippen LogP contribution < -0.4 is 9.64 Å². The van der Waals surface area contributed by atoms with Crippen molar-refractivity contribution in [3.63, 3.8) is 0 Å². The van der Waals surface area contributed by atoms with E-state index in [1.807, 2.05) is 19.9 Å². The highest BCUT2D eigenvalue weighted by atomic mass is 16.5. The standard InChI is InChI=1S/C21H22N6O3/c1-12-18(13(2)30-25-12)15-8-16-14(9-17(15)29-3)19-20(24-16)22-10-23-21(19)27-6-4-26(11-28)5-7-27/h8-11H,4-7H2,1-3H3,(H,22,23,24). The topological polar surface area (TPSA) is 100 Å². The van der Waals surface area contributed by atoms with Crippen molar-refractivity contribution in [1.29, 1.82) is 0 Å². The number of carbonyl (C=O) groups is 1. The molecule has 1 fully saturated rings. The molecule has 154 valence electrons. The minimum absolute atomic E-state index is 0.677. The summed E-state index contributed by atoms with van der Waals surface area (Å²) in [6.07, 6.45) is 2.48. The van der Waals surface area contributed by atoms with Crippen molar-refractivity contribution in [2.75, 3.05) is 38.2 Å². The third kappa shape index (κ3) is 2.77. The van der Waals surface area contributed by atoms with Crippen molar-refractivity contribution in [3.8, 4) is 16.9 Å². The van der Waals surface area contributed by atoms with Crippen LogP contribution in [0, 0.1) is 13.8 Å². The van der Waals surface area contributed by atoms with Crippen LogP contribution in [0.3, 0.4) is 0 Å². The second-order valence-corrected chi connectivity index (χ2v) is 7.47. The van der Waals surface area contributed by atoms with Crippen molar-refractivity contribution >= 4 is 34.2 Å². The molecule has 1 amide bonds. The monoisotopic (exact) mass is 406 g/mol. The number of aryl methyl sites for hydroxylation is 2. The molecule has 1 aliphatic heterocycles. The Hall–Kier alpha value is -3.62.